The van der Waals surface area contributed by atoms with E-state index in [1.165, 1.54) is 44.9 Å². The fourth-order valence-corrected chi connectivity index (χ4v) is 11.8. The minimum absolute atomic E-state index is 0.0750. The van der Waals surface area contributed by atoms with Crippen molar-refractivity contribution in [2.75, 3.05) is 13.2 Å². The molecule has 2 N–H and O–H groups in total. The number of aliphatic hydroxyl groups excluding tert-OH is 1. The third kappa shape index (κ3) is 6.85. The number of aliphatic hydroxyl groups is 1. The second-order valence-corrected chi connectivity index (χ2v) is 16.4. The van der Waals surface area contributed by atoms with E-state index in [1.807, 2.05) is 0 Å². The maximum atomic E-state index is 12.7. The number of aryl methyl sites for hydroxylation is 1. The first-order chi connectivity index (χ1) is 20.9. The molecule has 10 nitrogen and oxygen atoms in total. The SMILES string of the molecule is CCOP(=O)(OCC)OC(Cc1cn(CCCC(C)C2CCC3C4CCC5CC(O)CC[C@]5(C)C4CC[C@]23C)nn1)C(=O)O. The van der Waals surface area contributed by atoms with Crippen molar-refractivity contribution < 1.29 is 33.1 Å². The minimum atomic E-state index is -3.98. The van der Waals surface area contributed by atoms with Crippen LogP contribution in [0.25, 0.3) is 0 Å². The Kier molecular flexibility index (Phi) is 10.7. The summed E-state index contributed by atoms with van der Waals surface area (Å²) in [5.41, 5.74) is 1.31. The van der Waals surface area contributed by atoms with Crippen LogP contribution < -0.4 is 0 Å². The molecule has 0 aromatic carbocycles. The Balaban J connectivity index is 1.13. The lowest BCUT2D eigenvalue weighted by molar-refractivity contribution is -0.146. The number of fused-ring (bicyclic) bond motifs is 5. The second kappa shape index (κ2) is 13.8. The number of hydrogen-bond donors (Lipinski definition) is 2. The zero-order valence-corrected chi connectivity index (χ0v) is 28.4. The molecule has 1 heterocycles. The van der Waals surface area contributed by atoms with Crippen molar-refractivity contribution in [1.29, 1.82) is 0 Å². The quantitative estimate of drug-likeness (QED) is 0.209. The van der Waals surface area contributed by atoms with Gasteiger partial charge in [-0.25, -0.2) is 9.36 Å². The van der Waals surface area contributed by atoms with Gasteiger partial charge in [0.25, 0.3) is 0 Å². The van der Waals surface area contributed by atoms with Crippen LogP contribution in [0.2, 0.25) is 0 Å². The third-order valence-corrected chi connectivity index (χ3v) is 14.2. The molecule has 4 fully saturated rings. The van der Waals surface area contributed by atoms with Crippen LogP contribution in [0, 0.1) is 46.3 Å². The Bertz CT molecular complexity index is 1170. The molecule has 0 spiro atoms. The van der Waals surface area contributed by atoms with E-state index in [4.69, 9.17) is 13.6 Å². The van der Waals surface area contributed by atoms with Crippen LogP contribution in [0.15, 0.2) is 6.20 Å². The van der Waals surface area contributed by atoms with E-state index in [9.17, 15) is 19.6 Å². The summed E-state index contributed by atoms with van der Waals surface area (Å²) < 4.78 is 30.0. The minimum Gasteiger partial charge on any atom is -0.479 e. The van der Waals surface area contributed by atoms with E-state index in [0.717, 1.165) is 55.9 Å². The second-order valence-electron chi connectivity index (χ2n) is 14.8. The van der Waals surface area contributed by atoms with Gasteiger partial charge in [0.1, 0.15) is 0 Å². The highest BCUT2D eigenvalue weighted by molar-refractivity contribution is 7.48. The monoisotopic (exact) mass is 637 g/mol. The van der Waals surface area contributed by atoms with Crippen LogP contribution in [0.3, 0.4) is 0 Å². The van der Waals surface area contributed by atoms with Crippen molar-refractivity contribution in [3.05, 3.63) is 11.9 Å². The van der Waals surface area contributed by atoms with E-state index < -0.39 is 19.9 Å². The summed E-state index contributed by atoms with van der Waals surface area (Å²) in [7, 11) is -3.98. The Morgan fingerprint density at radius 1 is 1.07 bits per heavy atom. The van der Waals surface area contributed by atoms with Crippen LogP contribution in [-0.2, 0) is 35.9 Å². The number of carboxylic acids is 1. The summed E-state index contributed by atoms with van der Waals surface area (Å²) in [4.78, 5) is 11.8. The van der Waals surface area contributed by atoms with Crippen LogP contribution >= 0.6 is 7.82 Å². The first kappa shape index (κ1) is 34.0. The molecule has 5 rings (SSSR count). The molecule has 11 heteroatoms. The lowest BCUT2D eigenvalue weighted by atomic mass is 9.44. The van der Waals surface area contributed by atoms with E-state index in [0.29, 0.717) is 28.4 Å². The molecule has 1 aromatic heterocycles. The highest BCUT2D eigenvalue weighted by atomic mass is 31.2. The molecule has 250 valence electrons. The molecule has 10 atom stereocenters. The third-order valence-electron chi connectivity index (χ3n) is 12.5. The number of hydrogen-bond acceptors (Lipinski definition) is 8. The number of rotatable bonds is 14. The van der Waals surface area contributed by atoms with Gasteiger partial charge in [-0.3, -0.25) is 18.3 Å². The number of aromatic nitrogens is 3. The molecule has 0 aliphatic heterocycles. The summed E-state index contributed by atoms with van der Waals surface area (Å²) in [5, 5.41) is 28.4. The van der Waals surface area contributed by atoms with Crippen molar-refractivity contribution in [3.63, 3.8) is 0 Å². The number of carboxylic acid groups (broad SMARTS) is 1. The zero-order chi connectivity index (χ0) is 31.7. The van der Waals surface area contributed by atoms with Gasteiger partial charge in [0.2, 0.25) is 0 Å². The molecule has 4 saturated carbocycles. The highest BCUT2D eigenvalue weighted by Crippen LogP contribution is 2.68. The van der Waals surface area contributed by atoms with Gasteiger partial charge in [-0.2, -0.15) is 0 Å². The van der Waals surface area contributed by atoms with E-state index in [2.05, 4.69) is 31.1 Å². The number of carbonyl (C=O) groups is 1. The van der Waals surface area contributed by atoms with Gasteiger partial charge >= 0.3 is 13.8 Å². The van der Waals surface area contributed by atoms with E-state index >= 15 is 0 Å². The van der Waals surface area contributed by atoms with Gasteiger partial charge in [0.15, 0.2) is 6.10 Å². The summed E-state index contributed by atoms with van der Waals surface area (Å²) in [5.74, 6) is 3.35. The van der Waals surface area contributed by atoms with Crippen molar-refractivity contribution in [2.24, 2.45) is 46.3 Å². The number of nitrogens with zero attached hydrogens (tertiary/aromatic N) is 3. The van der Waals surface area contributed by atoms with Gasteiger partial charge in [0, 0.05) is 19.2 Å². The first-order valence-corrected chi connectivity index (χ1v) is 18.8. The van der Waals surface area contributed by atoms with Gasteiger partial charge in [-0.05, 0) is 131 Å². The molecule has 0 amide bonds. The molecule has 44 heavy (non-hydrogen) atoms. The molecule has 1 aromatic rings. The molecule has 8 unspecified atom stereocenters. The van der Waals surface area contributed by atoms with Crippen LogP contribution in [0.5, 0.6) is 0 Å². The Hall–Kier alpha value is -1.32. The van der Waals surface area contributed by atoms with Crippen LogP contribution in [-0.4, -0.2) is 56.6 Å². The maximum absolute atomic E-state index is 12.7. The predicted molar refractivity (Wildman–Crippen MR) is 167 cm³/mol. The van der Waals surface area contributed by atoms with Crippen molar-refractivity contribution in [3.8, 4) is 0 Å². The Labute approximate surface area is 263 Å². The van der Waals surface area contributed by atoms with Gasteiger partial charge < -0.3 is 10.2 Å². The molecular formula is C33H56N3O7P. The standard InChI is InChI=1S/C33H56N3O7P/c1-6-41-44(40,42-7-2)43-30(31(38)39)20-24-21-36(35-34-24)18-8-9-22(3)27-12-13-28-26-11-10-23-19-25(37)14-16-32(23,4)29(26)15-17-33(27,28)5/h21-23,25-30,37H,6-20H2,1-5H3,(H,38,39)/t22?,23?,25?,26?,27?,28?,29?,30?,32-,33+/m0/s1. The maximum Gasteiger partial charge on any atom is 0.475 e. The topological polar surface area (TPSA) is 133 Å². The molecule has 0 bridgehead atoms. The van der Waals surface area contributed by atoms with E-state index in [-0.39, 0.29) is 25.7 Å². The normalized spacial score (nSPS) is 36.7. The van der Waals surface area contributed by atoms with Gasteiger partial charge in [0.05, 0.1) is 25.0 Å². The number of phosphoric ester groups is 1. The fraction of sp³-hybridized carbons (Fsp3) is 0.909. The molecule has 0 saturated heterocycles. The molecular weight excluding hydrogens is 581 g/mol. The Morgan fingerprint density at radius 3 is 2.48 bits per heavy atom. The molecule has 4 aliphatic carbocycles. The first-order valence-electron chi connectivity index (χ1n) is 17.3. The summed E-state index contributed by atoms with van der Waals surface area (Å²) >= 11 is 0. The predicted octanol–water partition coefficient (Wildman–Crippen LogP) is 6.91. The average Bonchev–Trinajstić information content (AvgIpc) is 3.56. The lowest BCUT2D eigenvalue weighted by Crippen LogP contribution is -2.54. The van der Waals surface area contributed by atoms with Crippen molar-refractivity contribution >= 4 is 13.8 Å². The lowest BCUT2D eigenvalue weighted by Gasteiger charge is -2.61. The largest absolute Gasteiger partial charge is 0.479 e. The average molecular weight is 638 g/mol. The van der Waals surface area contributed by atoms with Gasteiger partial charge in [-0.1, -0.05) is 26.0 Å². The summed E-state index contributed by atoms with van der Waals surface area (Å²) in [6.45, 7) is 11.8. The number of aliphatic carboxylic acids is 1. The Morgan fingerprint density at radius 2 is 1.77 bits per heavy atom. The smallest absolute Gasteiger partial charge is 0.475 e. The molecule has 4 aliphatic rings. The molecule has 0 radical (unpaired) electrons. The van der Waals surface area contributed by atoms with E-state index in [1.54, 1.807) is 24.7 Å². The summed E-state index contributed by atoms with van der Waals surface area (Å²) in [6.07, 6.45) is 13.6. The van der Waals surface area contributed by atoms with Crippen LogP contribution in [0.4, 0.5) is 0 Å². The summed E-state index contributed by atoms with van der Waals surface area (Å²) in [6, 6.07) is 0. The van der Waals surface area contributed by atoms with Crippen LogP contribution in [0.1, 0.15) is 111 Å². The van der Waals surface area contributed by atoms with Crippen molar-refractivity contribution in [2.45, 2.75) is 130 Å². The van der Waals surface area contributed by atoms with Gasteiger partial charge in [-0.15, -0.1) is 5.10 Å². The highest BCUT2D eigenvalue weighted by Gasteiger charge is 2.60. The fourth-order valence-electron chi connectivity index (χ4n) is 10.5. The number of phosphoric acid groups is 1. The zero-order valence-electron chi connectivity index (χ0n) is 27.5. The van der Waals surface area contributed by atoms with Crippen molar-refractivity contribution in [1.82, 2.24) is 15.0 Å².